The van der Waals surface area contributed by atoms with Crippen molar-refractivity contribution in [2.24, 2.45) is 0 Å². The Kier molecular flexibility index (Phi) is 7.30. The van der Waals surface area contributed by atoms with Crippen molar-refractivity contribution in [2.75, 3.05) is 19.8 Å². The van der Waals surface area contributed by atoms with Crippen LogP contribution in [0.15, 0.2) is 0 Å². The Morgan fingerprint density at radius 3 is 3.00 bits per heavy atom. The van der Waals surface area contributed by atoms with Crippen molar-refractivity contribution in [3.05, 3.63) is 0 Å². The maximum atomic E-state index is 10.7. The van der Waals surface area contributed by atoms with Gasteiger partial charge >= 0.3 is 0 Å². The number of nitriles is 1. The molecular weight excluding hydrogens is 156 g/mol. The van der Waals surface area contributed by atoms with E-state index in [0.29, 0.717) is 19.8 Å². The number of carbonyl (C=O) groups excluding carboxylic acids is 1. The summed E-state index contributed by atoms with van der Waals surface area (Å²) in [6, 6.07) is 1.78. The van der Waals surface area contributed by atoms with Gasteiger partial charge < -0.3 is 10.1 Å². The first kappa shape index (κ1) is 10.9. The van der Waals surface area contributed by atoms with Crippen molar-refractivity contribution in [3.8, 4) is 6.07 Å². The topological polar surface area (TPSA) is 62.1 Å². The molecule has 4 heteroatoms. The van der Waals surface area contributed by atoms with Crippen LogP contribution in [0.3, 0.4) is 0 Å². The molecule has 0 aromatic heterocycles. The third-order valence-electron chi connectivity index (χ3n) is 1.23. The normalized spacial score (nSPS) is 9.00. The van der Waals surface area contributed by atoms with Crippen LogP contribution in [-0.2, 0) is 9.53 Å². The average molecular weight is 170 g/mol. The lowest BCUT2D eigenvalue weighted by atomic mass is 10.4. The van der Waals surface area contributed by atoms with Crippen molar-refractivity contribution < 1.29 is 9.53 Å². The Bertz CT molecular complexity index is 163. The Balaban J connectivity index is 3.10. The van der Waals surface area contributed by atoms with Crippen LogP contribution in [-0.4, -0.2) is 25.7 Å². The van der Waals surface area contributed by atoms with Crippen molar-refractivity contribution in [1.29, 1.82) is 5.26 Å². The van der Waals surface area contributed by atoms with E-state index < -0.39 is 0 Å². The standard InChI is InChI=1S/C8H14N2O2/c1-2-12-7-3-6-10-8(11)4-5-9/h2-4,6-7H2,1H3,(H,10,11). The van der Waals surface area contributed by atoms with Crippen LogP contribution in [0.4, 0.5) is 0 Å². The second-order valence-electron chi connectivity index (χ2n) is 2.24. The number of nitrogens with one attached hydrogen (secondary N) is 1. The van der Waals surface area contributed by atoms with Crippen LogP contribution in [0, 0.1) is 11.3 Å². The highest BCUT2D eigenvalue weighted by Crippen LogP contribution is 1.81. The highest BCUT2D eigenvalue weighted by atomic mass is 16.5. The molecule has 0 aromatic rings. The number of hydrogen-bond acceptors (Lipinski definition) is 3. The zero-order chi connectivity index (χ0) is 9.23. The first-order chi connectivity index (χ1) is 5.81. The SMILES string of the molecule is CCOCCCNC(=O)CC#N. The van der Waals surface area contributed by atoms with Gasteiger partial charge in [0.05, 0.1) is 6.07 Å². The van der Waals surface area contributed by atoms with E-state index in [1.807, 2.05) is 6.92 Å². The van der Waals surface area contributed by atoms with Gasteiger partial charge in [-0.05, 0) is 13.3 Å². The van der Waals surface area contributed by atoms with Gasteiger partial charge in [0.15, 0.2) is 0 Å². The highest BCUT2D eigenvalue weighted by molar-refractivity contribution is 5.77. The Morgan fingerprint density at radius 1 is 1.67 bits per heavy atom. The molecule has 0 spiro atoms. The highest BCUT2D eigenvalue weighted by Gasteiger charge is 1.96. The quantitative estimate of drug-likeness (QED) is 0.588. The Morgan fingerprint density at radius 2 is 2.42 bits per heavy atom. The minimum Gasteiger partial charge on any atom is -0.382 e. The molecule has 12 heavy (non-hydrogen) atoms. The number of rotatable bonds is 6. The van der Waals surface area contributed by atoms with Gasteiger partial charge in [0, 0.05) is 19.8 Å². The molecule has 0 saturated heterocycles. The van der Waals surface area contributed by atoms with E-state index in [-0.39, 0.29) is 12.3 Å². The van der Waals surface area contributed by atoms with Gasteiger partial charge in [-0.15, -0.1) is 0 Å². The molecule has 0 aromatic carbocycles. The fourth-order valence-electron chi connectivity index (χ4n) is 0.681. The molecule has 0 atom stereocenters. The third-order valence-corrected chi connectivity index (χ3v) is 1.23. The van der Waals surface area contributed by atoms with E-state index in [0.717, 1.165) is 6.42 Å². The second-order valence-corrected chi connectivity index (χ2v) is 2.24. The maximum Gasteiger partial charge on any atom is 0.234 e. The van der Waals surface area contributed by atoms with Crippen LogP contribution < -0.4 is 5.32 Å². The molecule has 4 nitrogen and oxygen atoms in total. The summed E-state index contributed by atoms with van der Waals surface area (Å²) in [5.74, 6) is -0.214. The third kappa shape index (κ3) is 7.03. The van der Waals surface area contributed by atoms with Crippen LogP contribution in [0.1, 0.15) is 19.8 Å². The minimum atomic E-state index is -0.214. The maximum absolute atomic E-state index is 10.7. The zero-order valence-electron chi connectivity index (χ0n) is 7.30. The zero-order valence-corrected chi connectivity index (χ0v) is 7.30. The summed E-state index contributed by atoms with van der Waals surface area (Å²) in [6.45, 7) is 3.87. The molecule has 1 N–H and O–H groups in total. The second kappa shape index (κ2) is 8.02. The van der Waals surface area contributed by atoms with Gasteiger partial charge in [-0.3, -0.25) is 4.79 Å². The minimum absolute atomic E-state index is 0.0609. The molecule has 0 aliphatic heterocycles. The first-order valence-corrected chi connectivity index (χ1v) is 4.02. The summed E-state index contributed by atoms with van der Waals surface area (Å²) in [6.07, 6.45) is 0.736. The summed E-state index contributed by atoms with van der Waals surface area (Å²) in [7, 11) is 0. The van der Waals surface area contributed by atoms with Gasteiger partial charge in [-0.2, -0.15) is 5.26 Å². The average Bonchev–Trinajstić information content (AvgIpc) is 2.05. The molecule has 68 valence electrons. The smallest absolute Gasteiger partial charge is 0.234 e. The number of ether oxygens (including phenoxy) is 1. The summed E-state index contributed by atoms with van der Waals surface area (Å²) in [4.78, 5) is 10.7. The predicted octanol–water partition coefficient (Wildman–Crippen LogP) is 0.443. The first-order valence-electron chi connectivity index (χ1n) is 4.02. The largest absolute Gasteiger partial charge is 0.382 e. The van der Waals surface area contributed by atoms with Crippen molar-refractivity contribution in [3.63, 3.8) is 0 Å². The molecule has 0 saturated carbocycles. The van der Waals surface area contributed by atoms with E-state index in [1.54, 1.807) is 6.07 Å². The van der Waals surface area contributed by atoms with E-state index in [2.05, 4.69) is 5.32 Å². The van der Waals surface area contributed by atoms with E-state index in [9.17, 15) is 4.79 Å². The molecular formula is C8H14N2O2. The Labute approximate surface area is 72.5 Å². The number of hydrogen-bond donors (Lipinski definition) is 1. The molecule has 1 amide bonds. The summed E-state index contributed by atoms with van der Waals surface area (Å²) in [5, 5.41) is 10.7. The molecule has 0 rings (SSSR count). The van der Waals surface area contributed by atoms with Gasteiger partial charge in [0.2, 0.25) is 5.91 Å². The van der Waals surface area contributed by atoms with Crippen molar-refractivity contribution in [2.45, 2.75) is 19.8 Å². The van der Waals surface area contributed by atoms with Gasteiger partial charge in [-0.1, -0.05) is 0 Å². The number of amides is 1. The Hall–Kier alpha value is -1.08. The number of nitrogens with zero attached hydrogens (tertiary/aromatic N) is 1. The lowest BCUT2D eigenvalue weighted by Crippen LogP contribution is -2.24. The van der Waals surface area contributed by atoms with Crippen molar-refractivity contribution >= 4 is 5.91 Å². The summed E-state index contributed by atoms with van der Waals surface area (Å²) in [5.41, 5.74) is 0. The molecule has 0 bridgehead atoms. The van der Waals surface area contributed by atoms with Crippen molar-refractivity contribution in [1.82, 2.24) is 5.32 Å². The molecule has 0 unspecified atom stereocenters. The van der Waals surface area contributed by atoms with Crippen LogP contribution in [0.2, 0.25) is 0 Å². The molecule has 0 heterocycles. The van der Waals surface area contributed by atoms with Crippen LogP contribution >= 0.6 is 0 Å². The van der Waals surface area contributed by atoms with Gasteiger partial charge in [0.25, 0.3) is 0 Å². The lowest BCUT2D eigenvalue weighted by molar-refractivity contribution is -0.120. The van der Waals surface area contributed by atoms with E-state index in [4.69, 9.17) is 10.00 Å². The molecule has 0 fully saturated rings. The lowest BCUT2D eigenvalue weighted by Gasteiger charge is -2.02. The van der Waals surface area contributed by atoms with E-state index >= 15 is 0 Å². The number of carbonyl (C=O) groups is 1. The molecule has 0 radical (unpaired) electrons. The van der Waals surface area contributed by atoms with Gasteiger partial charge in [0.1, 0.15) is 6.42 Å². The predicted molar refractivity (Wildman–Crippen MR) is 44.3 cm³/mol. The monoisotopic (exact) mass is 170 g/mol. The van der Waals surface area contributed by atoms with Crippen LogP contribution in [0.25, 0.3) is 0 Å². The van der Waals surface area contributed by atoms with E-state index in [1.165, 1.54) is 0 Å². The molecule has 0 aliphatic carbocycles. The van der Waals surface area contributed by atoms with Crippen LogP contribution in [0.5, 0.6) is 0 Å². The van der Waals surface area contributed by atoms with Gasteiger partial charge in [-0.25, -0.2) is 0 Å². The summed E-state index contributed by atoms with van der Waals surface area (Å²) >= 11 is 0. The fraction of sp³-hybridized carbons (Fsp3) is 0.750. The molecule has 0 aliphatic rings. The summed E-state index contributed by atoms with van der Waals surface area (Å²) < 4.78 is 5.06. The fourth-order valence-corrected chi connectivity index (χ4v) is 0.681.